The molecule has 3 aromatic rings. The van der Waals surface area contributed by atoms with Crippen LogP contribution in [-0.4, -0.2) is 11.7 Å². The summed E-state index contributed by atoms with van der Waals surface area (Å²) < 4.78 is 26.4. The van der Waals surface area contributed by atoms with Gasteiger partial charge in [-0.15, -0.1) is 0 Å². The van der Waals surface area contributed by atoms with Gasteiger partial charge in [0, 0.05) is 17.4 Å². The van der Waals surface area contributed by atoms with Crippen LogP contribution >= 0.6 is 0 Å². The van der Waals surface area contributed by atoms with Gasteiger partial charge in [-0.2, -0.15) is 0 Å². The normalized spacial score (nSPS) is 10.9. The van der Waals surface area contributed by atoms with Gasteiger partial charge >= 0.3 is 0 Å². The second-order valence-electron chi connectivity index (χ2n) is 5.05. The van der Waals surface area contributed by atoms with Crippen molar-refractivity contribution < 1.29 is 13.9 Å². The summed E-state index contributed by atoms with van der Waals surface area (Å²) in [6.45, 7) is 3.33. The van der Waals surface area contributed by atoms with Crippen LogP contribution in [0, 0.1) is 5.82 Å². The zero-order valence-corrected chi connectivity index (χ0v) is 12.7. The Hall–Kier alpha value is -2.49. The molecule has 114 valence electrons. The third-order valence-corrected chi connectivity index (χ3v) is 3.71. The van der Waals surface area contributed by atoms with Crippen molar-refractivity contribution in [1.29, 1.82) is 0 Å². The Balaban J connectivity index is 1.83. The van der Waals surface area contributed by atoms with Crippen LogP contribution in [0.2, 0.25) is 0 Å². The smallest absolute Gasteiger partial charge is 0.128 e. The Morgan fingerprint density at radius 1 is 1.00 bits per heavy atom. The molecular weight excluding hydrogens is 281 g/mol. The Kier molecular flexibility index (Phi) is 4.00. The quantitative estimate of drug-likeness (QED) is 0.697. The summed E-state index contributed by atoms with van der Waals surface area (Å²) in [4.78, 5) is 0. The molecule has 0 saturated carbocycles. The minimum atomic E-state index is -0.219. The van der Waals surface area contributed by atoms with Crippen LogP contribution in [-0.2, 0) is 13.2 Å². The van der Waals surface area contributed by atoms with Gasteiger partial charge in [-0.25, -0.2) is 4.39 Å². The summed E-state index contributed by atoms with van der Waals surface area (Å²) in [5, 5.41) is 0.898. The molecule has 0 aliphatic carbocycles. The van der Waals surface area contributed by atoms with E-state index in [1.807, 2.05) is 36.4 Å². The van der Waals surface area contributed by atoms with Crippen LogP contribution in [0.15, 0.2) is 48.5 Å². The number of halogens is 1. The number of rotatable bonds is 5. The van der Waals surface area contributed by atoms with Crippen molar-refractivity contribution in [3.63, 3.8) is 0 Å². The van der Waals surface area contributed by atoms with Crippen LogP contribution in [0.1, 0.15) is 12.6 Å². The Morgan fingerprint density at radius 3 is 2.41 bits per heavy atom. The summed E-state index contributed by atoms with van der Waals surface area (Å²) in [7, 11) is 1.63. The molecule has 4 heteroatoms. The molecule has 0 aliphatic heterocycles. The van der Waals surface area contributed by atoms with Crippen molar-refractivity contribution in [3.05, 3.63) is 60.0 Å². The average molecular weight is 299 g/mol. The third kappa shape index (κ3) is 2.77. The largest absolute Gasteiger partial charge is 0.497 e. The van der Waals surface area contributed by atoms with Gasteiger partial charge in [-0.05, 0) is 55.5 Å². The first-order valence-electron chi connectivity index (χ1n) is 7.26. The highest BCUT2D eigenvalue weighted by Crippen LogP contribution is 2.23. The molecule has 0 bridgehead atoms. The van der Waals surface area contributed by atoms with Crippen LogP contribution in [0.4, 0.5) is 4.39 Å². The number of nitrogens with zero attached hydrogens (tertiary/aromatic N) is 1. The molecule has 0 spiro atoms. The number of benzene rings is 2. The van der Waals surface area contributed by atoms with Crippen LogP contribution in [0.5, 0.6) is 11.5 Å². The lowest BCUT2D eigenvalue weighted by Crippen LogP contribution is -2.04. The first-order chi connectivity index (χ1) is 10.7. The second-order valence-corrected chi connectivity index (χ2v) is 5.05. The molecule has 0 saturated heterocycles. The van der Waals surface area contributed by atoms with Crippen molar-refractivity contribution in [1.82, 2.24) is 4.57 Å². The Labute approximate surface area is 128 Å². The highest BCUT2D eigenvalue weighted by Gasteiger charge is 2.09. The molecule has 22 heavy (non-hydrogen) atoms. The number of hydrogen-bond donors (Lipinski definition) is 0. The predicted octanol–water partition coefficient (Wildman–Crippen LogP) is 4.39. The molecule has 3 rings (SSSR count). The van der Waals surface area contributed by atoms with E-state index in [-0.39, 0.29) is 5.82 Å². The molecule has 3 nitrogen and oxygen atoms in total. The molecular formula is C18H18FNO2. The first-order valence-corrected chi connectivity index (χ1v) is 7.26. The molecule has 2 aromatic carbocycles. The molecule has 0 amide bonds. The zero-order valence-electron chi connectivity index (χ0n) is 12.7. The topological polar surface area (TPSA) is 23.4 Å². The highest BCUT2D eigenvalue weighted by atomic mass is 19.1. The number of fused-ring (bicyclic) bond motifs is 1. The van der Waals surface area contributed by atoms with Gasteiger partial charge in [0.15, 0.2) is 0 Å². The van der Waals surface area contributed by atoms with E-state index in [4.69, 9.17) is 9.47 Å². The summed E-state index contributed by atoms with van der Waals surface area (Å²) >= 11 is 0. The van der Waals surface area contributed by atoms with E-state index in [2.05, 4.69) is 11.5 Å². The van der Waals surface area contributed by atoms with Gasteiger partial charge in [0.05, 0.1) is 12.8 Å². The van der Waals surface area contributed by atoms with Gasteiger partial charge in [0.25, 0.3) is 0 Å². The SMILES string of the molecule is CCn1c(COc2ccc(OC)cc2)cc2cc(F)ccc21. The zero-order chi connectivity index (χ0) is 15.5. The summed E-state index contributed by atoms with van der Waals surface area (Å²) in [6.07, 6.45) is 0. The molecule has 0 N–H and O–H groups in total. The fourth-order valence-corrected chi connectivity index (χ4v) is 2.62. The second kappa shape index (κ2) is 6.10. The fourth-order valence-electron chi connectivity index (χ4n) is 2.62. The monoisotopic (exact) mass is 299 g/mol. The van der Waals surface area contributed by atoms with Crippen molar-refractivity contribution in [3.8, 4) is 11.5 Å². The standard InChI is InChI=1S/C18H18FNO2/c1-3-20-15(11-13-10-14(19)4-9-18(13)20)12-22-17-7-5-16(21-2)6-8-17/h4-11H,3,12H2,1-2H3. The van der Waals surface area contributed by atoms with Gasteiger partial charge in [0.1, 0.15) is 23.9 Å². The molecule has 0 unspecified atom stereocenters. The third-order valence-electron chi connectivity index (χ3n) is 3.71. The van der Waals surface area contributed by atoms with Crippen LogP contribution in [0.3, 0.4) is 0 Å². The number of aryl methyl sites for hydroxylation is 1. The average Bonchev–Trinajstić information content (AvgIpc) is 2.89. The van der Waals surface area contributed by atoms with E-state index in [0.29, 0.717) is 6.61 Å². The van der Waals surface area contributed by atoms with Crippen molar-refractivity contribution >= 4 is 10.9 Å². The minimum Gasteiger partial charge on any atom is -0.497 e. The molecule has 0 fully saturated rings. The van der Waals surface area contributed by atoms with E-state index in [1.54, 1.807) is 13.2 Å². The number of methoxy groups -OCH3 is 1. The van der Waals surface area contributed by atoms with Crippen molar-refractivity contribution in [2.24, 2.45) is 0 Å². The van der Waals surface area contributed by atoms with E-state index >= 15 is 0 Å². The van der Waals surface area contributed by atoms with Crippen molar-refractivity contribution in [2.45, 2.75) is 20.1 Å². The summed E-state index contributed by atoms with van der Waals surface area (Å²) in [6, 6.07) is 14.3. The van der Waals surface area contributed by atoms with Crippen molar-refractivity contribution in [2.75, 3.05) is 7.11 Å². The summed E-state index contributed by atoms with van der Waals surface area (Å²) in [5.41, 5.74) is 2.05. The van der Waals surface area contributed by atoms with Crippen LogP contribution in [0.25, 0.3) is 10.9 Å². The Bertz CT molecular complexity index is 778. The van der Waals surface area contributed by atoms with Gasteiger partial charge < -0.3 is 14.0 Å². The molecule has 1 aromatic heterocycles. The highest BCUT2D eigenvalue weighted by molar-refractivity contribution is 5.81. The maximum Gasteiger partial charge on any atom is 0.128 e. The fraction of sp³-hybridized carbons (Fsp3) is 0.222. The van der Waals surface area contributed by atoms with E-state index in [9.17, 15) is 4.39 Å². The van der Waals surface area contributed by atoms with Crippen LogP contribution < -0.4 is 9.47 Å². The molecule has 1 heterocycles. The first kappa shape index (κ1) is 14.4. The maximum absolute atomic E-state index is 13.4. The van der Waals surface area contributed by atoms with Gasteiger partial charge in [-0.3, -0.25) is 0 Å². The molecule has 0 radical (unpaired) electrons. The van der Waals surface area contributed by atoms with Gasteiger partial charge in [0.2, 0.25) is 0 Å². The molecule has 0 aliphatic rings. The lowest BCUT2D eigenvalue weighted by molar-refractivity contribution is 0.295. The maximum atomic E-state index is 13.4. The predicted molar refractivity (Wildman–Crippen MR) is 84.9 cm³/mol. The number of hydrogen-bond acceptors (Lipinski definition) is 2. The van der Waals surface area contributed by atoms with E-state index in [1.165, 1.54) is 6.07 Å². The minimum absolute atomic E-state index is 0.219. The lowest BCUT2D eigenvalue weighted by atomic mass is 10.2. The van der Waals surface area contributed by atoms with E-state index in [0.717, 1.165) is 34.6 Å². The number of aromatic nitrogens is 1. The number of ether oxygens (including phenoxy) is 2. The molecule has 0 atom stereocenters. The summed E-state index contributed by atoms with van der Waals surface area (Å²) in [5.74, 6) is 1.36. The lowest BCUT2D eigenvalue weighted by Gasteiger charge is -2.10. The Morgan fingerprint density at radius 2 is 1.73 bits per heavy atom. The van der Waals surface area contributed by atoms with Gasteiger partial charge in [-0.1, -0.05) is 0 Å². The van der Waals surface area contributed by atoms with E-state index < -0.39 is 0 Å².